The maximum Gasteiger partial charge on any atom is 0.123 e. The summed E-state index contributed by atoms with van der Waals surface area (Å²) >= 11 is 6.58. The van der Waals surface area contributed by atoms with Gasteiger partial charge in [-0.15, -0.1) is 0 Å². The van der Waals surface area contributed by atoms with Crippen LogP contribution in [0.15, 0.2) is 79.0 Å². The zero-order chi connectivity index (χ0) is 22.1. The van der Waals surface area contributed by atoms with E-state index in [0.717, 1.165) is 46.6 Å². The van der Waals surface area contributed by atoms with Crippen molar-refractivity contribution in [3.63, 3.8) is 0 Å². The largest absolute Gasteiger partial charge is 0.392 e. The molecule has 0 bridgehead atoms. The van der Waals surface area contributed by atoms with E-state index in [0.29, 0.717) is 18.1 Å². The van der Waals surface area contributed by atoms with Crippen LogP contribution in [0.25, 0.3) is 28.1 Å². The molecule has 0 amide bonds. The molecule has 1 aliphatic rings. The van der Waals surface area contributed by atoms with E-state index in [1.807, 2.05) is 59.4 Å². The van der Waals surface area contributed by atoms with Crippen LogP contribution in [0.4, 0.5) is 4.39 Å². The van der Waals surface area contributed by atoms with E-state index >= 15 is 0 Å². The van der Waals surface area contributed by atoms with Crippen molar-refractivity contribution >= 4 is 11.6 Å². The number of hydrogen-bond donors (Lipinski definition) is 1. The van der Waals surface area contributed by atoms with Gasteiger partial charge in [-0.3, -0.25) is 4.90 Å². The average Bonchev–Trinajstić information content (AvgIpc) is 3.41. The standard InChI is InChI=1S/C26H23ClFN3O/c27-25-4-2-1-3-24(25)26-20(16-30-14-13-23(32)17-30)15-29-31(26)22-11-7-19(8-12-22)18-5-9-21(28)10-6-18/h1-12,15,23,32H,13-14,16-17H2. The highest BCUT2D eigenvalue weighted by Crippen LogP contribution is 2.34. The van der Waals surface area contributed by atoms with Gasteiger partial charge >= 0.3 is 0 Å². The molecule has 0 aliphatic carbocycles. The third kappa shape index (κ3) is 4.19. The quantitative estimate of drug-likeness (QED) is 0.435. The van der Waals surface area contributed by atoms with Crippen LogP contribution in [0.1, 0.15) is 12.0 Å². The molecule has 1 unspecified atom stereocenters. The van der Waals surface area contributed by atoms with Gasteiger partial charge < -0.3 is 5.11 Å². The van der Waals surface area contributed by atoms with Crippen LogP contribution < -0.4 is 0 Å². The molecule has 162 valence electrons. The van der Waals surface area contributed by atoms with E-state index in [-0.39, 0.29) is 11.9 Å². The number of likely N-dealkylation sites (tertiary alicyclic amines) is 1. The Morgan fingerprint density at radius 1 is 0.969 bits per heavy atom. The highest BCUT2D eigenvalue weighted by Gasteiger charge is 2.24. The van der Waals surface area contributed by atoms with Gasteiger partial charge in [0.25, 0.3) is 0 Å². The second kappa shape index (κ2) is 8.87. The summed E-state index contributed by atoms with van der Waals surface area (Å²) < 4.78 is 15.2. The van der Waals surface area contributed by atoms with Gasteiger partial charge in [0.2, 0.25) is 0 Å². The smallest absolute Gasteiger partial charge is 0.123 e. The first-order chi connectivity index (χ1) is 15.6. The monoisotopic (exact) mass is 447 g/mol. The number of benzene rings is 3. The third-order valence-electron chi connectivity index (χ3n) is 5.90. The molecule has 1 aliphatic heterocycles. The fourth-order valence-electron chi connectivity index (χ4n) is 4.27. The summed E-state index contributed by atoms with van der Waals surface area (Å²) in [5.41, 5.74) is 5.81. The van der Waals surface area contributed by atoms with Gasteiger partial charge in [-0.05, 0) is 47.9 Å². The number of β-amino-alcohol motifs (C(OH)–C–C–N with tert-alkyl or cyclic N) is 1. The van der Waals surface area contributed by atoms with E-state index in [1.165, 1.54) is 12.1 Å². The summed E-state index contributed by atoms with van der Waals surface area (Å²) in [5, 5.41) is 15.3. The number of nitrogens with zero attached hydrogens (tertiary/aromatic N) is 3. The van der Waals surface area contributed by atoms with Gasteiger partial charge in [-0.25, -0.2) is 9.07 Å². The Balaban J connectivity index is 1.53. The molecule has 5 rings (SSSR count). The highest BCUT2D eigenvalue weighted by atomic mass is 35.5. The first-order valence-electron chi connectivity index (χ1n) is 10.7. The molecule has 3 aromatic carbocycles. The van der Waals surface area contributed by atoms with Gasteiger partial charge in [0.05, 0.1) is 23.7 Å². The van der Waals surface area contributed by atoms with Crippen LogP contribution >= 0.6 is 11.6 Å². The van der Waals surface area contributed by atoms with Crippen LogP contribution in [0.3, 0.4) is 0 Å². The van der Waals surface area contributed by atoms with Crippen molar-refractivity contribution in [3.8, 4) is 28.1 Å². The first-order valence-corrected chi connectivity index (χ1v) is 11.0. The van der Waals surface area contributed by atoms with Crippen molar-refractivity contribution in [1.82, 2.24) is 14.7 Å². The van der Waals surface area contributed by atoms with Gasteiger partial charge in [0.1, 0.15) is 5.82 Å². The molecule has 1 aromatic heterocycles. The fourth-order valence-corrected chi connectivity index (χ4v) is 4.49. The van der Waals surface area contributed by atoms with E-state index in [2.05, 4.69) is 4.90 Å². The Morgan fingerprint density at radius 2 is 1.66 bits per heavy atom. The SMILES string of the molecule is OC1CCN(Cc2cnn(-c3ccc(-c4ccc(F)cc4)cc3)c2-c2ccccc2Cl)C1. The zero-order valence-electron chi connectivity index (χ0n) is 17.5. The molecule has 0 radical (unpaired) electrons. The van der Waals surface area contributed by atoms with Gasteiger partial charge in [0, 0.05) is 35.8 Å². The summed E-state index contributed by atoms with van der Waals surface area (Å²) in [4.78, 5) is 2.24. The average molecular weight is 448 g/mol. The van der Waals surface area contributed by atoms with Crippen LogP contribution in [0.2, 0.25) is 5.02 Å². The van der Waals surface area contributed by atoms with E-state index < -0.39 is 0 Å². The predicted molar refractivity (Wildman–Crippen MR) is 125 cm³/mol. The Hall–Kier alpha value is -2.99. The first kappa shape index (κ1) is 20.9. The molecule has 32 heavy (non-hydrogen) atoms. The molecule has 1 saturated heterocycles. The minimum Gasteiger partial charge on any atom is -0.392 e. The minimum atomic E-state index is -0.271. The normalized spacial score (nSPS) is 16.5. The molecule has 1 N–H and O–H groups in total. The molecule has 1 fully saturated rings. The topological polar surface area (TPSA) is 41.3 Å². The second-order valence-electron chi connectivity index (χ2n) is 8.14. The van der Waals surface area contributed by atoms with Crippen molar-refractivity contribution in [3.05, 3.63) is 95.4 Å². The van der Waals surface area contributed by atoms with Crippen LogP contribution in [-0.2, 0) is 6.54 Å². The number of aliphatic hydroxyl groups excluding tert-OH is 1. The van der Waals surface area contributed by atoms with Crippen molar-refractivity contribution in [2.75, 3.05) is 13.1 Å². The minimum absolute atomic E-state index is 0.246. The van der Waals surface area contributed by atoms with Crippen LogP contribution in [0, 0.1) is 5.82 Å². The highest BCUT2D eigenvalue weighted by molar-refractivity contribution is 6.33. The Morgan fingerprint density at radius 3 is 2.31 bits per heavy atom. The van der Waals surface area contributed by atoms with Crippen molar-refractivity contribution in [2.45, 2.75) is 19.1 Å². The summed E-state index contributed by atoms with van der Waals surface area (Å²) in [6.45, 7) is 2.23. The number of rotatable bonds is 5. The number of hydrogen-bond acceptors (Lipinski definition) is 3. The van der Waals surface area contributed by atoms with Crippen molar-refractivity contribution in [1.29, 1.82) is 0 Å². The van der Waals surface area contributed by atoms with E-state index in [9.17, 15) is 9.50 Å². The summed E-state index contributed by atoms with van der Waals surface area (Å²) in [6.07, 6.45) is 2.41. The lowest BCUT2D eigenvalue weighted by atomic mass is 10.0. The van der Waals surface area contributed by atoms with E-state index in [4.69, 9.17) is 16.7 Å². The fraction of sp³-hybridized carbons (Fsp3) is 0.192. The number of halogens is 2. The lowest BCUT2D eigenvalue weighted by Gasteiger charge is -2.17. The molecule has 0 saturated carbocycles. The molecule has 4 aromatic rings. The lowest BCUT2D eigenvalue weighted by Crippen LogP contribution is -2.21. The number of aromatic nitrogens is 2. The molecule has 1 atom stereocenters. The number of aliphatic hydroxyl groups is 1. The molecule has 0 spiro atoms. The van der Waals surface area contributed by atoms with Crippen molar-refractivity contribution in [2.24, 2.45) is 0 Å². The van der Waals surface area contributed by atoms with Crippen LogP contribution in [0.5, 0.6) is 0 Å². The maximum absolute atomic E-state index is 13.3. The predicted octanol–water partition coefficient (Wildman–Crippen LogP) is 5.57. The summed E-state index contributed by atoms with van der Waals surface area (Å²) in [5.74, 6) is -0.246. The Bertz CT molecular complexity index is 1220. The Kier molecular flexibility index (Phi) is 5.79. The summed E-state index contributed by atoms with van der Waals surface area (Å²) in [7, 11) is 0. The molecular formula is C26H23ClFN3O. The van der Waals surface area contributed by atoms with E-state index in [1.54, 1.807) is 12.1 Å². The van der Waals surface area contributed by atoms with Crippen LogP contribution in [-0.4, -0.2) is 39.0 Å². The lowest BCUT2D eigenvalue weighted by molar-refractivity contribution is 0.175. The van der Waals surface area contributed by atoms with Crippen molar-refractivity contribution < 1.29 is 9.50 Å². The Labute approximate surface area is 191 Å². The molecule has 4 nitrogen and oxygen atoms in total. The van der Waals surface area contributed by atoms with Gasteiger partial charge in [0.15, 0.2) is 0 Å². The molecule has 2 heterocycles. The third-order valence-corrected chi connectivity index (χ3v) is 6.23. The van der Waals surface area contributed by atoms with Gasteiger partial charge in [-0.1, -0.05) is 54.1 Å². The van der Waals surface area contributed by atoms with Gasteiger partial charge in [-0.2, -0.15) is 5.10 Å². The summed E-state index contributed by atoms with van der Waals surface area (Å²) in [6, 6.07) is 22.3. The molecular weight excluding hydrogens is 425 g/mol. The molecule has 6 heteroatoms. The second-order valence-corrected chi connectivity index (χ2v) is 8.55. The maximum atomic E-state index is 13.3. The zero-order valence-corrected chi connectivity index (χ0v) is 18.2.